The maximum absolute atomic E-state index is 12.1. The number of carbonyl (C=O) groups excluding carboxylic acids is 1. The molecule has 0 spiro atoms. The molecule has 1 atom stereocenters. The Kier molecular flexibility index (Phi) is 4.68. The van der Waals surface area contributed by atoms with Crippen LogP contribution in [0, 0.1) is 0 Å². The molecule has 1 aromatic carbocycles. The lowest BCUT2D eigenvalue weighted by molar-refractivity contribution is -0.0500. The fourth-order valence-corrected chi connectivity index (χ4v) is 1.59. The summed E-state index contributed by atoms with van der Waals surface area (Å²) in [5, 5.41) is -0.0145. The molecule has 0 aliphatic carbocycles. The molecule has 1 aromatic rings. The fourth-order valence-electron chi connectivity index (χ4n) is 1.13. The summed E-state index contributed by atoms with van der Waals surface area (Å²) in [5.74, 6) is -0.645. The monoisotopic (exact) mass is 312 g/mol. The molecule has 0 aliphatic heterocycles. The number of para-hydroxylation sites is 1. The molecule has 0 saturated carbocycles. The quantitative estimate of drug-likeness (QED) is 0.622. The van der Waals surface area contributed by atoms with Crippen LogP contribution in [0.3, 0.4) is 0 Å². The van der Waals surface area contributed by atoms with Gasteiger partial charge in [0.25, 0.3) is 0 Å². The van der Waals surface area contributed by atoms with E-state index >= 15 is 0 Å². The van der Waals surface area contributed by atoms with Crippen LogP contribution in [-0.4, -0.2) is 17.2 Å². The van der Waals surface area contributed by atoms with Crippen molar-refractivity contribution in [2.45, 2.75) is 18.4 Å². The summed E-state index contributed by atoms with van der Waals surface area (Å²) < 4.78 is 28.5. The van der Waals surface area contributed by atoms with E-state index in [1.54, 1.807) is 6.92 Å². The molecule has 0 heterocycles. The molecular weight excluding hydrogens is 305 g/mol. The summed E-state index contributed by atoms with van der Waals surface area (Å²) >= 11 is 8.76. The Hall–Kier alpha value is -0.680. The second kappa shape index (κ2) is 5.59. The molecule has 0 saturated heterocycles. The van der Waals surface area contributed by atoms with Crippen LogP contribution in [0.4, 0.5) is 8.78 Å². The van der Waals surface area contributed by atoms with Crippen LogP contribution < -0.4 is 4.74 Å². The van der Waals surface area contributed by atoms with Gasteiger partial charge in [0.1, 0.15) is 0 Å². The largest absolute Gasteiger partial charge is 0.432 e. The van der Waals surface area contributed by atoms with Gasteiger partial charge in [-0.2, -0.15) is 8.78 Å². The number of carbonyl (C=O) groups is 1. The highest BCUT2D eigenvalue weighted by atomic mass is 79.9. The smallest absolute Gasteiger partial charge is 0.387 e. The Bertz CT molecular complexity index is 396. The van der Waals surface area contributed by atoms with E-state index in [9.17, 15) is 13.6 Å². The van der Waals surface area contributed by atoms with Gasteiger partial charge in [0.05, 0.1) is 15.4 Å². The van der Waals surface area contributed by atoms with E-state index in [4.69, 9.17) is 11.6 Å². The first-order valence-electron chi connectivity index (χ1n) is 4.35. The molecule has 0 aliphatic rings. The summed E-state index contributed by atoms with van der Waals surface area (Å²) in [5.41, 5.74) is 0.0391. The van der Waals surface area contributed by atoms with Gasteiger partial charge in [-0.05, 0) is 19.1 Å². The summed E-state index contributed by atoms with van der Waals surface area (Å²) in [6.07, 6.45) is 0. The molecular formula is C10H8BrClF2O2. The highest BCUT2D eigenvalue weighted by Crippen LogP contribution is 2.31. The van der Waals surface area contributed by atoms with Crippen molar-refractivity contribution in [3.63, 3.8) is 0 Å². The van der Waals surface area contributed by atoms with E-state index in [2.05, 4.69) is 20.7 Å². The second-order valence-electron chi connectivity index (χ2n) is 2.98. The van der Waals surface area contributed by atoms with Gasteiger partial charge in [-0.1, -0.05) is 33.6 Å². The average Bonchev–Trinajstić information content (AvgIpc) is 2.19. The first kappa shape index (κ1) is 13.4. The van der Waals surface area contributed by atoms with Crippen LogP contribution in [0.1, 0.15) is 17.3 Å². The first-order chi connectivity index (χ1) is 7.43. The van der Waals surface area contributed by atoms with Gasteiger partial charge in [-0.25, -0.2) is 0 Å². The van der Waals surface area contributed by atoms with Gasteiger partial charge < -0.3 is 4.74 Å². The van der Waals surface area contributed by atoms with Crippen LogP contribution in [0.5, 0.6) is 5.75 Å². The Labute approximate surface area is 105 Å². The summed E-state index contributed by atoms with van der Waals surface area (Å²) in [6.45, 7) is -1.42. The number of alkyl halides is 3. The van der Waals surface area contributed by atoms with Gasteiger partial charge in [0.2, 0.25) is 0 Å². The SMILES string of the molecule is CC(Br)C(=O)c1cccc(Cl)c1OC(F)F. The van der Waals surface area contributed by atoms with Gasteiger partial charge in [0.15, 0.2) is 11.5 Å². The van der Waals surface area contributed by atoms with E-state index in [1.165, 1.54) is 18.2 Å². The van der Waals surface area contributed by atoms with Crippen molar-refractivity contribution >= 4 is 33.3 Å². The lowest BCUT2D eigenvalue weighted by Crippen LogP contribution is -2.14. The highest BCUT2D eigenvalue weighted by Gasteiger charge is 2.21. The Balaban J connectivity index is 3.17. The minimum Gasteiger partial charge on any atom is -0.432 e. The van der Waals surface area contributed by atoms with Crippen LogP contribution in [-0.2, 0) is 0 Å². The molecule has 1 unspecified atom stereocenters. The number of ketones is 1. The molecule has 0 N–H and O–H groups in total. The third-order valence-electron chi connectivity index (χ3n) is 1.80. The lowest BCUT2D eigenvalue weighted by atomic mass is 10.1. The van der Waals surface area contributed by atoms with Crippen molar-refractivity contribution in [3.8, 4) is 5.75 Å². The molecule has 2 nitrogen and oxygen atoms in total. The third kappa shape index (κ3) is 3.15. The number of hydrogen-bond donors (Lipinski definition) is 0. The van der Waals surface area contributed by atoms with Crippen LogP contribution >= 0.6 is 27.5 Å². The number of ether oxygens (including phenoxy) is 1. The van der Waals surface area contributed by atoms with E-state index < -0.39 is 11.4 Å². The molecule has 0 bridgehead atoms. The predicted octanol–water partition coefficient (Wildman–Crippen LogP) is 3.91. The molecule has 16 heavy (non-hydrogen) atoms. The number of rotatable bonds is 4. The van der Waals surface area contributed by atoms with Crippen molar-refractivity contribution in [1.82, 2.24) is 0 Å². The number of halogens is 4. The van der Waals surface area contributed by atoms with Crippen molar-refractivity contribution in [1.29, 1.82) is 0 Å². The summed E-state index contributed by atoms with van der Waals surface area (Å²) in [4.78, 5) is 11.2. The van der Waals surface area contributed by atoms with E-state index in [-0.39, 0.29) is 22.1 Å². The number of benzene rings is 1. The fraction of sp³-hybridized carbons (Fsp3) is 0.300. The zero-order valence-corrected chi connectivity index (χ0v) is 10.6. The Morgan fingerprint density at radius 3 is 2.62 bits per heavy atom. The molecule has 0 radical (unpaired) electrons. The van der Waals surface area contributed by atoms with Gasteiger partial charge in [-0.3, -0.25) is 4.79 Å². The summed E-state index contributed by atoms with van der Waals surface area (Å²) in [7, 11) is 0. The van der Waals surface area contributed by atoms with E-state index in [0.717, 1.165) is 0 Å². The number of hydrogen-bond acceptors (Lipinski definition) is 2. The third-order valence-corrected chi connectivity index (χ3v) is 2.51. The van der Waals surface area contributed by atoms with Crippen LogP contribution in [0.25, 0.3) is 0 Å². The zero-order chi connectivity index (χ0) is 12.3. The molecule has 1 rings (SSSR count). The Morgan fingerprint density at radius 1 is 1.50 bits per heavy atom. The van der Waals surface area contributed by atoms with Crippen molar-refractivity contribution in [2.24, 2.45) is 0 Å². The molecule has 0 aromatic heterocycles. The van der Waals surface area contributed by atoms with E-state index in [0.29, 0.717) is 0 Å². The van der Waals surface area contributed by atoms with Gasteiger partial charge in [0, 0.05) is 0 Å². The van der Waals surface area contributed by atoms with Crippen molar-refractivity contribution in [2.75, 3.05) is 0 Å². The summed E-state index contributed by atoms with van der Waals surface area (Å²) in [6, 6.07) is 4.28. The van der Waals surface area contributed by atoms with Crippen molar-refractivity contribution < 1.29 is 18.3 Å². The second-order valence-corrected chi connectivity index (χ2v) is 4.76. The minimum atomic E-state index is -3.02. The highest BCUT2D eigenvalue weighted by molar-refractivity contribution is 9.10. The average molecular weight is 314 g/mol. The van der Waals surface area contributed by atoms with Crippen molar-refractivity contribution in [3.05, 3.63) is 28.8 Å². The zero-order valence-electron chi connectivity index (χ0n) is 8.22. The molecule has 88 valence electrons. The first-order valence-corrected chi connectivity index (χ1v) is 5.64. The lowest BCUT2D eigenvalue weighted by Gasteiger charge is -2.12. The van der Waals surface area contributed by atoms with Crippen LogP contribution in [0.2, 0.25) is 5.02 Å². The normalized spacial score (nSPS) is 12.6. The van der Waals surface area contributed by atoms with Gasteiger partial charge in [-0.15, -0.1) is 0 Å². The molecule has 0 fully saturated rings. The standard InChI is InChI=1S/C10H8BrClF2O2/c1-5(11)8(15)6-3-2-4-7(12)9(6)16-10(13)14/h2-5,10H,1H3. The van der Waals surface area contributed by atoms with E-state index in [1.807, 2.05) is 0 Å². The maximum Gasteiger partial charge on any atom is 0.387 e. The maximum atomic E-state index is 12.1. The van der Waals surface area contributed by atoms with Crippen LogP contribution in [0.15, 0.2) is 18.2 Å². The molecule has 6 heteroatoms. The molecule has 0 amide bonds. The Morgan fingerprint density at radius 2 is 2.12 bits per heavy atom. The topological polar surface area (TPSA) is 26.3 Å². The number of Topliss-reactive ketones (excluding diaryl/α,β-unsaturated/α-hetero) is 1. The predicted molar refractivity (Wildman–Crippen MR) is 60.8 cm³/mol. The van der Waals surface area contributed by atoms with Gasteiger partial charge >= 0.3 is 6.61 Å². The minimum absolute atomic E-state index is 0.0145.